The molecule has 0 aliphatic heterocycles. The Morgan fingerprint density at radius 1 is 1.14 bits per heavy atom. The molecule has 5 nitrogen and oxygen atoms in total. The molecule has 0 spiro atoms. The van der Waals surface area contributed by atoms with E-state index in [0.29, 0.717) is 16.8 Å². The van der Waals surface area contributed by atoms with Gasteiger partial charge in [0.05, 0.1) is 16.6 Å². The zero-order chi connectivity index (χ0) is 15.0. The summed E-state index contributed by atoms with van der Waals surface area (Å²) in [5.41, 5.74) is 3.21. The first kappa shape index (κ1) is 13.6. The molecule has 106 valence electrons. The van der Waals surface area contributed by atoms with Crippen LogP contribution in [0.25, 0.3) is 11.0 Å². The molecule has 0 unspecified atom stereocenters. The highest BCUT2D eigenvalue weighted by molar-refractivity contribution is 9.10. The quantitative estimate of drug-likeness (QED) is 0.666. The fraction of sp³-hybridized carbons (Fsp3) is 0.0667. The van der Waals surface area contributed by atoms with Crippen LogP contribution >= 0.6 is 15.9 Å². The van der Waals surface area contributed by atoms with Crippen molar-refractivity contribution in [3.63, 3.8) is 0 Å². The number of rotatable bonds is 2. The highest BCUT2D eigenvalue weighted by atomic mass is 79.9. The Balaban J connectivity index is 1.98. The number of hydrogen-bond acceptors (Lipinski definition) is 2. The van der Waals surface area contributed by atoms with Crippen molar-refractivity contribution in [2.75, 3.05) is 5.32 Å². The SMILES string of the molecule is Cc1cc2[nH]c(=O)[nH]c2cc1NC(=O)c1ccccc1Br. The van der Waals surface area contributed by atoms with Gasteiger partial charge in [-0.2, -0.15) is 0 Å². The largest absolute Gasteiger partial charge is 0.323 e. The minimum atomic E-state index is -0.265. The molecule has 0 bridgehead atoms. The van der Waals surface area contributed by atoms with E-state index in [2.05, 4.69) is 31.2 Å². The number of carbonyl (C=O) groups is 1. The Morgan fingerprint density at radius 2 is 1.81 bits per heavy atom. The molecular weight excluding hydrogens is 334 g/mol. The topological polar surface area (TPSA) is 77.8 Å². The third-order valence-electron chi connectivity index (χ3n) is 3.23. The van der Waals surface area contributed by atoms with E-state index >= 15 is 0 Å². The molecule has 0 radical (unpaired) electrons. The van der Waals surface area contributed by atoms with E-state index in [1.807, 2.05) is 25.1 Å². The Hall–Kier alpha value is -2.34. The van der Waals surface area contributed by atoms with Crippen LogP contribution in [0.4, 0.5) is 5.69 Å². The van der Waals surface area contributed by atoms with Crippen molar-refractivity contribution in [1.29, 1.82) is 0 Å². The van der Waals surface area contributed by atoms with E-state index in [0.717, 1.165) is 15.6 Å². The zero-order valence-electron chi connectivity index (χ0n) is 11.2. The average molecular weight is 346 g/mol. The van der Waals surface area contributed by atoms with Crippen molar-refractivity contribution in [3.05, 3.63) is 62.5 Å². The molecule has 0 aliphatic rings. The summed E-state index contributed by atoms with van der Waals surface area (Å²) < 4.78 is 0.733. The van der Waals surface area contributed by atoms with Crippen molar-refractivity contribution in [1.82, 2.24) is 9.97 Å². The summed E-state index contributed by atoms with van der Waals surface area (Å²) in [6.45, 7) is 1.88. The van der Waals surface area contributed by atoms with E-state index in [-0.39, 0.29) is 11.6 Å². The number of carbonyl (C=O) groups excluding carboxylic acids is 1. The molecule has 1 amide bonds. The number of nitrogens with one attached hydrogen (secondary N) is 3. The van der Waals surface area contributed by atoms with Gasteiger partial charge < -0.3 is 15.3 Å². The van der Waals surface area contributed by atoms with E-state index in [4.69, 9.17) is 0 Å². The predicted octanol–water partition coefficient (Wildman–Crippen LogP) is 3.18. The number of amides is 1. The van der Waals surface area contributed by atoms with Crippen molar-refractivity contribution in [3.8, 4) is 0 Å². The van der Waals surface area contributed by atoms with Gasteiger partial charge in [-0.3, -0.25) is 4.79 Å². The monoisotopic (exact) mass is 345 g/mol. The summed E-state index contributed by atoms with van der Waals surface area (Å²) >= 11 is 3.36. The van der Waals surface area contributed by atoms with Crippen LogP contribution in [0.15, 0.2) is 45.7 Å². The van der Waals surface area contributed by atoms with Crippen molar-refractivity contribution < 1.29 is 4.79 Å². The van der Waals surface area contributed by atoms with Crippen LogP contribution in [-0.4, -0.2) is 15.9 Å². The molecule has 1 heterocycles. The maximum atomic E-state index is 12.3. The van der Waals surface area contributed by atoms with E-state index in [1.165, 1.54) is 0 Å². The molecule has 3 N–H and O–H groups in total. The molecule has 21 heavy (non-hydrogen) atoms. The lowest BCUT2D eigenvalue weighted by atomic mass is 10.1. The van der Waals surface area contributed by atoms with Gasteiger partial charge in [0, 0.05) is 10.2 Å². The number of anilines is 1. The van der Waals surface area contributed by atoms with Gasteiger partial charge in [-0.05, 0) is 52.7 Å². The van der Waals surface area contributed by atoms with Crippen LogP contribution in [0, 0.1) is 6.92 Å². The normalized spacial score (nSPS) is 10.8. The van der Waals surface area contributed by atoms with Crippen LogP contribution < -0.4 is 11.0 Å². The number of imidazole rings is 1. The Morgan fingerprint density at radius 3 is 2.52 bits per heavy atom. The lowest BCUT2D eigenvalue weighted by Gasteiger charge is -2.09. The second-order valence-corrected chi connectivity index (χ2v) is 5.58. The Bertz CT molecular complexity index is 895. The molecule has 0 fully saturated rings. The van der Waals surface area contributed by atoms with Gasteiger partial charge in [0.25, 0.3) is 5.91 Å². The Labute approximate surface area is 128 Å². The first-order chi connectivity index (χ1) is 10.0. The number of aromatic amines is 2. The molecule has 0 aliphatic carbocycles. The second-order valence-electron chi connectivity index (χ2n) is 4.73. The van der Waals surface area contributed by atoms with Gasteiger partial charge in [0.1, 0.15) is 0 Å². The minimum absolute atomic E-state index is 0.206. The average Bonchev–Trinajstić information content (AvgIpc) is 2.78. The number of H-pyrrole nitrogens is 2. The molecule has 2 aromatic carbocycles. The summed E-state index contributed by atoms with van der Waals surface area (Å²) in [5, 5.41) is 2.86. The lowest BCUT2D eigenvalue weighted by molar-refractivity contribution is 0.102. The van der Waals surface area contributed by atoms with E-state index < -0.39 is 0 Å². The fourth-order valence-corrected chi connectivity index (χ4v) is 2.63. The first-order valence-corrected chi connectivity index (χ1v) is 7.12. The van der Waals surface area contributed by atoms with Crippen LogP contribution in [-0.2, 0) is 0 Å². The molecule has 0 saturated carbocycles. The molecular formula is C15H12BrN3O2. The van der Waals surface area contributed by atoms with Gasteiger partial charge in [0.15, 0.2) is 0 Å². The predicted molar refractivity (Wildman–Crippen MR) is 85.8 cm³/mol. The maximum absolute atomic E-state index is 12.3. The highest BCUT2D eigenvalue weighted by Gasteiger charge is 2.12. The third kappa shape index (κ3) is 2.62. The van der Waals surface area contributed by atoms with Crippen molar-refractivity contribution in [2.45, 2.75) is 6.92 Å². The first-order valence-electron chi connectivity index (χ1n) is 6.33. The molecule has 0 saturated heterocycles. The summed E-state index contributed by atoms with van der Waals surface area (Å²) in [4.78, 5) is 29.0. The molecule has 1 aromatic heterocycles. The number of aromatic nitrogens is 2. The zero-order valence-corrected chi connectivity index (χ0v) is 12.7. The summed E-state index contributed by atoms with van der Waals surface area (Å²) in [5.74, 6) is -0.206. The van der Waals surface area contributed by atoms with Crippen LogP contribution in [0.5, 0.6) is 0 Å². The van der Waals surface area contributed by atoms with Crippen LogP contribution in [0.2, 0.25) is 0 Å². The van der Waals surface area contributed by atoms with E-state index in [1.54, 1.807) is 18.2 Å². The standard InChI is InChI=1S/C15H12BrN3O2/c1-8-6-12-13(19-15(21)18-12)7-11(8)17-14(20)9-4-2-3-5-10(9)16/h2-7H,1H3,(H,17,20)(H2,18,19,21). The smallest absolute Gasteiger partial charge is 0.322 e. The summed E-state index contributed by atoms with van der Waals surface area (Å²) in [6.07, 6.45) is 0. The van der Waals surface area contributed by atoms with Crippen molar-refractivity contribution in [2.24, 2.45) is 0 Å². The fourth-order valence-electron chi connectivity index (χ4n) is 2.16. The van der Waals surface area contributed by atoms with Crippen molar-refractivity contribution >= 4 is 38.6 Å². The lowest BCUT2D eigenvalue weighted by Crippen LogP contribution is -2.13. The third-order valence-corrected chi connectivity index (χ3v) is 3.92. The molecule has 3 rings (SSSR count). The van der Waals surface area contributed by atoms with Gasteiger partial charge in [-0.25, -0.2) is 4.79 Å². The Kier molecular flexibility index (Phi) is 3.39. The van der Waals surface area contributed by atoms with Crippen LogP contribution in [0.1, 0.15) is 15.9 Å². The molecule has 3 aromatic rings. The van der Waals surface area contributed by atoms with Gasteiger partial charge in [-0.1, -0.05) is 12.1 Å². The molecule has 0 atom stereocenters. The number of halogens is 1. The number of aryl methyl sites for hydroxylation is 1. The minimum Gasteiger partial charge on any atom is -0.322 e. The van der Waals surface area contributed by atoms with Gasteiger partial charge >= 0.3 is 5.69 Å². The van der Waals surface area contributed by atoms with Gasteiger partial charge in [0.2, 0.25) is 0 Å². The maximum Gasteiger partial charge on any atom is 0.323 e. The summed E-state index contributed by atoms with van der Waals surface area (Å²) in [7, 11) is 0. The highest BCUT2D eigenvalue weighted by Crippen LogP contribution is 2.22. The number of fused-ring (bicyclic) bond motifs is 1. The van der Waals surface area contributed by atoms with Crippen LogP contribution in [0.3, 0.4) is 0 Å². The number of benzene rings is 2. The number of hydrogen-bond donors (Lipinski definition) is 3. The second kappa shape index (κ2) is 5.21. The van der Waals surface area contributed by atoms with Gasteiger partial charge in [-0.15, -0.1) is 0 Å². The summed E-state index contributed by atoms with van der Waals surface area (Å²) in [6, 6.07) is 10.8. The molecule has 6 heteroatoms. The van der Waals surface area contributed by atoms with E-state index in [9.17, 15) is 9.59 Å².